The second-order valence-electron chi connectivity index (χ2n) is 3.39. The average Bonchev–Trinajstić information content (AvgIpc) is 2.28. The van der Waals surface area contributed by atoms with E-state index in [1.54, 1.807) is 18.2 Å². The van der Waals surface area contributed by atoms with Crippen molar-refractivity contribution in [3.8, 4) is 5.75 Å². The summed E-state index contributed by atoms with van der Waals surface area (Å²) in [6, 6.07) is 4.87. The van der Waals surface area contributed by atoms with Gasteiger partial charge >= 0.3 is 0 Å². The summed E-state index contributed by atoms with van der Waals surface area (Å²) in [7, 11) is 0. The number of nitrogens with one attached hydrogen (secondary N) is 1. The fraction of sp³-hybridized carbons (Fsp3) is 0.182. The predicted molar refractivity (Wildman–Crippen MR) is 69.1 cm³/mol. The molecule has 0 unspecified atom stereocenters. The number of benzene rings is 1. The maximum absolute atomic E-state index is 11.7. The minimum absolute atomic E-state index is 0.0534. The van der Waals surface area contributed by atoms with Gasteiger partial charge in [-0.2, -0.15) is 0 Å². The molecule has 90 valence electrons. The van der Waals surface area contributed by atoms with Crippen LogP contribution in [0.1, 0.15) is 0 Å². The summed E-state index contributed by atoms with van der Waals surface area (Å²) in [6.07, 6.45) is 0. The number of H-pyrrole nitrogens is 1. The molecular formula is C11H10ClNO3S. The molecule has 0 bridgehead atoms. The van der Waals surface area contributed by atoms with Gasteiger partial charge in [0.25, 0.3) is 5.56 Å². The number of fused-ring (bicyclic) bond motifs is 1. The van der Waals surface area contributed by atoms with Gasteiger partial charge in [0, 0.05) is 16.2 Å². The summed E-state index contributed by atoms with van der Waals surface area (Å²) in [4.78, 5) is 14.6. The molecule has 0 aliphatic rings. The summed E-state index contributed by atoms with van der Waals surface area (Å²) >= 11 is 6.92. The van der Waals surface area contributed by atoms with Crippen molar-refractivity contribution in [1.29, 1.82) is 0 Å². The van der Waals surface area contributed by atoms with Gasteiger partial charge in [-0.15, -0.1) is 11.8 Å². The van der Waals surface area contributed by atoms with Crippen molar-refractivity contribution in [1.82, 2.24) is 4.98 Å². The van der Waals surface area contributed by atoms with Crippen LogP contribution in [0.15, 0.2) is 27.9 Å². The SMILES string of the molecule is O=c1[nH]c2cc(Cl)ccc2c(O)c1SCCO. The zero-order valence-corrected chi connectivity index (χ0v) is 10.3. The van der Waals surface area contributed by atoms with Crippen LogP contribution in [-0.2, 0) is 0 Å². The Kier molecular flexibility index (Phi) is 3.61. The van der Waals surface area contributed by atoms with Crippen molar-refractivity contribution >= 4 is 34.3 Å². The van der Waals surface area contributed by atoms with Crippen molar-refractivity contribution in [2.45, 2.75) is 4.90 Å². The fourth-order valence-electron chi connectivity index (χ4n) is 1.52. The Hall–Kier alpha value is -1.17. The first-order valence-electron chi connectivity index (χ1n) is 4.91. The molecule has 1 aromatic heterocycles. The number of aliphatic hydroxyl groups is 1. The molecule has 2 rings (SSSR count). The van der Waals surface area contributed by atoms with E-state index in [2.05, 4.69) is 4.98 Å². The molecule has 0 amide bonds. The molecule has 6 heteroatoms. The normalized spacial score (nSPS) is 10.9. The monoisotopic (exact) mass is 271 g/mol. The highest BCUT2D eigenvalue weighted by Crippen LogP contribution is 2.32. The second kappa shape index (κ2) is 5.00. The van der Waals surface area contributed by atoms with Crippen molar-refractivity contribution in [3.63, 3.8) is 0 Å². The van der Waals surface area contributed by atoms with Gasteiger partial charge in [0.15, 0.2) is 0 Å². The smallest absolute Gasteiger partial charge is 0.265 e. The Balaban J connectivity index is 2.63. The third-order valence-electron chi connectivity index (χ3n) is 2.24. The van der Waals surface area contributed by atoms with Crippen LogP contribution in [-0.4, -0.2) is 27.6 Å². The van der Waals surface area contributed by atoms with E-state index in [-0.39, 0.29) is 22.8 Å². The maximum atomic E-state index is 11.7. The minimum atomic E-state index is -0.379. The summed E-state index contributed by atoms with van der Waals surface area (Å²) in [5.41, 5.74) is 0.115. The number of aliphatic hydroxyl groups excluding tert-OH is 1. The first-order chi connectivity index (χ1) is 8.13. The largest absolute Gasteiger partial charge is 0.506 e. The molecule has 4 nitrogen and oxygen atoms in total. The molecule has 0 radical (unpaired) electrons. The van der Waals surface area contributed by atoms with Gasteiger partial charge < -0.3 is 15.2 Å². The molecule has 0 atom stereocenters. The lowest BCUT2D eigenvalue weighted by atomic mass is 10.2. The van der Waals surface area contributed by atoms with Gasteiger partial charge in [-0.25, -0.2) is 0 Å². The zero-order valence-electron chi connectivity index (χ0n) is 8.74. The summed E-state index contributed by atoms with van der Waals surface area (Å²) < 4.78 is 0. The first kappa shape index (κ1) is 12.3. The molecule has 0 saturated carbocycles. The van der Waals surface area contributed by atoms with Crippen LogP contribution in [0.25, 0.3) is 10.9 Å². The van der Waals surface area contributed by atoms with Crippen molar-refractivity contribution in [2.75, 3.05) is 12.4 Å². The van der Waals surface area contributed by atoms with Crippen molar-refractivity contribution < 1.29 is 10.2 Å². The van der Waals surface area contributed by atoms with E-state index in [0.29, 0.717) is 21.7 Å². The van der Waals surface area contributed by atoms with E-state index in [1.807, 2.05) is 0 Å². The molecule has 0 aliphatic carbocycles. The summed E-state index contributed by atoms with van der Waals surface area (Å²) in [5.74, 6) is 0.286. The van der Waals surface area contributed by atoms with E-state index in [4.69, 9.17) is 16.7 Å². The number of rotatable bonds is 3. The number of pyridine rings is 1. The standard InChI is InChI=1S/C11H10ClNO3S/c12-6-1-2-7-8(5-6)13-11(16)10(9(7)15)17-4-3-14/h1-2,5,14H,3-4H2,(H2,13,15,16). The molecule has 2 aromatic rings. The Morgan fingerprint density at radius 3 is 2.88 bits per heavy atom. The average molecular weight is 272 g/mol. The Morgan fingerprint density at radius 2 is 2.18 bits per heavy atom. The highest BCUT2D eigenvalue weighted by Gasteiger charge is 2.12. The van der Waals surface area contributed by atoms with E-state index in [9.17, 15) is 9.90 Å². The van der Waals surface area contributed by atoms with Gasteiger partial charge in [0.1, 0.15) is 10.6 Å². The van der Waals surface area contributed by atoms with E-state index >= 15 is 0 Å². The zero-order chi connectivity index (χ0) is 12.4. The molecule has 0 saturated heterocycles. The van der Waals surface area contributed by atoms with Gasteiger partial charge in [-0.1, -0.05) is 11.6 Å². The van der Waals surface area contributed by atoms with Gasteiger partial charge in [-0.3, -0.25) is 4.79 Å². The maximum Gasteiger partial charge on any atom is 0.265 e. The quantitative estimate of drug-likeness (QED) is 0.746. The third kappa shape index (κ3) is 2.41. The Labute approximate surface area is 106 Å². The lowest BCUT2D eigenvalue weighted by Gasteiger charge is -2.06. The van der Waals surface area contributed by atoms with Gasteiger partial charge in [-0.05, 0) is 18.2 Å². The molecule has 0 fully saturated rings. The number of hydrogen-bond donors (Lipinski definition) is 3. The minimum Gasteiger partial charge on any atom is -0.506 e. The molecule has 0 spiro atoms. The third-order valence-corrected chi connectivity index (χ3v) is 3.53. The van der Waals surface area contributed by atoms with Crippen LogP contribution in [0.4, 0.5) is 0 Å². The highest BCUT2D eigenvalue weighted by molar-refractivity contribution is 7.99. The highest BCUT2D eigenvalue weighted by atomic mass is 35.5. The topological polar surface area (TPSA) is 73.3 Å². The number of halogens is 1. The van der Waals surface area contributed by atoms with Crippen LogP contribution in [0, 0.1) is 0 Å². The van der Waals surface area contributed by atoms with E-state index < -0.39 is 0 Å². The molecule has 0 aliphatic heterocycles. The lowest BCUT2D eigenvalue weighted by Crippen LogP contribution is -2.09. The van der Waals surface area contributed by atoms with Gasteiger partial charge in [0.05, 0.1) is 12.1 Å². The van der Waals surface area contributed by atoms with Gasteiger partial charge in [0.2, 0.25) is 0 Å². The molecule has 3 N–H and O–H groups in total. The molecular weight excluding hydrogens is 262 g/mol. The van der Waals surface area contributed by atoms with Crippen LogP contribution in [0.3, 0.4) is 0 Å². The van der Waals surface area contributed by atoms with E-state index in [0.717, 1.165) is 11.8 Å². The van der Waals surface area contributed by atoms with Crippen LogP contribution >= 0.6 is 23.4 Å². The number of hydrogen-bond acceptors (Lipinski definition) is 4. The van der Waals surface area contributed by atoms with Crippen LogP contribution in [0.2, 0.25) is 5.02 Å². The molecule has 1 aromatic carbocycles. The molecule has 1 heterocycles. The second-order valence-corrected chi connectivity index (χ2v) is 4.94. The predicted octanol–water partition coefficient (Wildman–Crippen LogP) is 1.97. The Bertz CT molecular complexity index is 611. The fourth-order valence-corrected chi connectivity index (χ4v) is 2.41. The number of aromatic hydroxyl groups is 1. The Morgan fingerprint density at radius 1 is 1.41 bits per heavy atom. The molecule has 17 heavy (non-hydrogen) atoms. The number of aromatic amines is 1. The lowest BCUT2D eigenvalue weighted by molar-refractivity contribution is 0.322. The van der Waals surface area contributed by atoms with Crippen LogP contribution in [0.5, 0.6) is 5.75 Å². The summed E-state index contributed by atoms with van der Waals surface area (Å²) in [5, 5.41) is 19.7. The summed E-state index contributed by atoms with van der Waals surface area (Å²) in [6.45, 7) is -0.0534. The van der Waals surface area contributed by atoms with Crippen molar-refractivity contribution in [3.05, 3.63) is 33.6 Å². The van der Waals surface area contributed by atoms with Crippen LogP contribution < -0.4 is 5.56 Å². The number of aromatic nitrogens is 1. The van der Waals surface area contributed by atoms with E-state index in [1.165, 1.54) is 0 Å². The van der Waals surface area contributed by atoms with Crippen molar-refractivity contribution in [2.24, 2.45) is 0 Å². The first-order valence-corrected chi connectivity index (χ1v) is 6.28. The number of thioether (sulfide) groups is 1.